The maximum absolute atomic E-state index is 2.44. The van der Waals surface area contributed by atoms with Crippen LogP contribution >= 0.6 is 0 Å². The summed E-state index contributed by atoms with van der Waals surface area (Å²) in [6, 6.07) is 89.4. The molecule has 0 unspecified atom stereocenters. The maximum Gasteiger partial charge on any atom is 0.0541 e. The molecule has 1 aliphatic rings. The Hall–Kier alpha value is -8.46. The van der Waals surface area contributed by atoms with E-state index in [-0.39, 0.29) is 5.41 Å². The maximum atomic E-state index is 2.44. The first-order chi connectivity index (χ1) is 33.0. The van der Waals surface area contributed by atoms with Gasteiger partial charge in [0, 0.05) is 38.9 Å². The molecule has 0 atom stereocenters. The Labute approximate surface area is 391 Å². The molecule has 0 saturated heterocycles. The fourth-order valence-electron chi connectivity index (χ4n) is 11.0. The van der Waals surface area contributed by atoms with Crippen molar-refractivity contribution in [2.75, 3.05) is 4.90 Å². The van der Waals surface area contributed by atoms with E-state index in [1.807, 2.05) is 0 Å². The van der Waals surface area contributed by atoms with Crippen LogP contribution in [0, 0.1) is 0 Å². The smallest absolute Gasteiger partial charge is 0.0541 e. The number of nitrogens with zero attached hydrogens (tertiary/aromatic N) is 2. The lowest BCUT2D eigenvalue weighted by Gasteiger charge is -2.28. The van der Waals surface area contributed by atoms with Gasteiger partial charge in [-0.15, -0.1) is 0 Å². The largest absolute Gasteiger partial charge is 0.310 e. The van der Waals surface area contributed by atoms with E-state index in [1.54, 1.807) is 0 Å². The van der Waals surface area contributed by atoms with Crippen LogP contribution in [0.4, 0.5) is 17.1 Å². The SMILES string of the molecule is CC1(C)c2cc(N(c3ccc(-c4ccc(-c5cccc6ccccc56)cc4)cc3)c3ccc(-c4cccc5ccccc45)cc3)ccc2-c2ccc(-n3c4ccccc4c4ccccc43)cc21. The standard InChI is InChI=1S/C65H46N2/c1-65(2)61-41-51(37-39-57(61)58-40-38-52(42-62(58)65)67-63-23-9-7-19-59(63)60-20-8-10-24-64(60)67)66(50-35-31-48(32-36-50)56-22-12-16-46-14-4-6-18-54(46)56)49-33-29-44(30-34-49)43-25-27-47(28-26-43)55-21-11-15-45-13-3-5-17-53(45)55/h3-42H,1-2H3. The van der Waals surface area contributed by atoms with Gasteiger partial charge in [0.05, 0.1) is 11.0 Å². The summed E-state index contributed by atoms with van der Waals surface area (Å²) in [6.07, 6.45) is 0. The van der Waals surface area contributed by atoms with E-state index in [1.165, 1.54) is 105 Å². The first kappa shape index (κ1) is 39.0. The summed E-state index contributed by atoms with van der Waals surface area (Å²) in [7, 11) is 0. The molecule has 13 rings (SSSR count). The zero-order valence-electron chi connectivity index (χ0n) is 37.5. The van der Waals surface area contributed by atoms with E-state index in [9.17, 15) is 0 Å². The highest BCUT2D eigenvalue weighted by Gasteiger charge is 2.36. The van der Waals surface area contributed by atoms with Crippen molar-refractivity contribution in [3.05, 3.63) is 254 Å². The summed E-state index contributed by atoms with van der Waals surface area (Å²) < 4.78 is 2.43. The van der Waals surface area contributed by atoms with Gasteiger partial charge in [0.1, 0.15) is 0 Å². The van der Waals surface area contributed by atoms with Crippen LogP contribution in [0.2, 0.25) is 0 Å². The minimum atomic E-state index is -0.235. The van der Waals surface area contributed by atoms with E-state index >= 15 is 0 Å². The zero-order chi connectivity index (χ0) is 44.6. The topological polar surface area (TPSA) is 8.17 Å². The summed E-state index contributed by atoms with van der Waals surface area (Å²) in [5, 5.41) is 7.59. The van der Waals surface area contributed by atoms with E-state index in [0.29, 0.717) is 0 Å². The minimum absolute atomic E-state index is 0.235. The average molecular weight is 855 g/mol. The molecule has 12 aromatic rings. The third kappa shape index (κ3) is 6.32. The lowest BCUT2D eigenvalue weighted by molar-refractivity contribution is 0.660. The number of aromatic nitrogens is 1. The summed E-state index contributed by atoms with van der Waals surface area (Å²) in [5.74, 6) is 0. The van der Waals surface area contributed by atoms with Gasteiger partial charge in [-0.25, -0.2) is 0 Å². The molecule has 0 N–H and O–H groups in total. The molecule has 11 aromatic carbocycles. The van der Waals surface area contributed by atoms with Crippen molar-refractivity contribution >= 4 is 60.4 Å². The van der Waals surface area contributed by atoms with Gasteiger partial charge >= 0.3 is 0 Å². The van der Waals surface area contributed by atoms with E-state index in [4.69, 9.17) is 0 Å². The van der Waals surface area contributed by atoms with Crippen LogP contribution in [0.5, 0.6) is 0 Å². The first-order valence-electron chi connectivity index (χ1n) is 23.3. The molecule has 316 valence electrons. The minimum Gasteiger partial charge on any atom is -0.310 e. The van der Waals surface area contributed by atoms with Crippen molar-refractivity contribution in [2.24, 2.45) is 0 Å². The molecule has 2 nitrogen and oxygen atoms in total. The van der Waals surface area contributed by atoms with E-state index in [2.05, 4.69) is 266 Å². The lowest BCUT2D eigenvalue weighted by atomic mass is 9.82. The van der Waals surface area contributed by atoms with Crippen molar-refractivity contribution in [2.45, 2.75) is 19.3 Å². The van der Waals surface area contributed by atoms with Crippen molar-refractivity contribution < 1.29 is 0 Å². The second-order valence-corrected chi connectivity index (χ2v) is 18.5. The summed E-state index contributed by atoms with van der Waals surface area (Å²) >= 11 is 0. The highest BCUT2D eigenvalue weighted by atomic mass is 15.1. The van der Waals surface area contributed by atoms with Gasteiger partial charge in [-0.2, -0.15) is 0 Å². The van der Waals surface area contributed by atoms with Crippen LogP contribution in [0.25, 0.3) is 93.5 Å². The molecule has 1 aromatic heterocycles. The Morgan fingerprint density at radius 2 is 0.716 bits per heavy atom. The van der Waals surface area contributed by atoms with E-state index < -0.39 is 0 Å². The molecule has 0 saturated carbocycles. The van der Waals surface area contributed by atoms with Gasteiger partial charge in [0.15, 0.2) is 0 Å². The molecule has 67 heavy (non-hydrogen) atoms. The fraction of sp³-hybridized carbons (Fsp3) is 0.0462. The van der Waals surface area contributed by atoms with Crippen LogP contribution in [-0.2, 0) is 5.41 Å². The van der Waals surface area contributed by atoms with Crippen LogP contribution in [0.15, 0.2) is 243 Å². The van der Waals surface area contributed by atoms with Crippen LogP contribution in [0.3, 0.4) is 0 Å². The Morgan fingerprint density at radius 3 is 1.27 bits per heavy atom. The second kappa shape index (κ2) is 15.3. The Kier molecular flexibility index (Phi) is 8.91. The van der Waals surface area contributed by atoms with Crippen LogP contribution < -0.4 is 4.90 Å². The third-order valence-corrected chi connectivity index (χ3v) is 14.4. The number of hydrogen-bond acceptors (Lipinski definition) is 1. The van der Waals surface area contributed by atoms with Gasteiger partial charge in [0.2, 0.25) is 0 Å². The fourth-order valence-corrected chi connectivity index (χ4v) is 11.0. The number of benzene rings is 11. The number of fused-ring (bicyclic) bond motifs is 8. The Morgan fingerprint density at radius 1 is 0.313 bits per heavy atom. The monoisotopic (exact) mass is 854 g/mol. The molecule has 0 aliphatic heterocycles. The van der Waals surface area contributed by atoms with Gasteiger partial charge in [-0.1, -0.05) is 196 Å². The zero-order valence-corrected chi connectivity index (χ0v) is 37.5. The molecule has 1 aliphatic carbocycles. The predicted molar refractivity (Wildman–Crippen MR) is 284 cm³/mol. The highest BCUT2D eigenvalue weighted by molar-refractivity contribution is 6.09. The van der Waals surface area contributed by atoms with Gasteiger partial charge in [-0.3, -0.25) is 0 Å². The molecule has 0 fully saturated rings. The number of para-hydroxylation sites is 2. The van der Waals surface area contributed by atoms with Crippen LogP contribution in [0.1, 0.15) is 25.0 Å². The summed E-state index contributed by atoms with van der Waals surface area (Å²) in [5.41, 5.74) is 19.3. The third-order valence-electron chi connectivity index (χ3n) is 14.4. The number of anilines is 3. The number of hydrogen-bond donors (Lipinski definition) is 0. The van der Waals surface area contributed by atoms with Crippen molar-refractivity contribution in [1.82, 2.24) is 4.57 Å². The molecular formula is C65H46N2. The average Bonchev–Trinajstić information content (AvgIpc) is 3.84. The van der Waals surface area contributed by atoms with Gasteiger partial charge in [-0.05, 0) is 138 Å². The van der Waals surface area contributed by atoms with Crippen molar-refractivity contribution in [1.29, 1.82) is 0 Å². The molecule has 0 amide bonds. The normalized spacial score (nSPS) is 12.7. The van der Waals surface area contributed by atoms with Crippen molar-refractivity contribution in [3.8, 4) is 50.2 Å². The van der Waals surface area contributed by atoms with Gasteiger partial charge < -0.3 is 9.47 Å². The summed E-state index contributed by atoms with van der Waals surface area (Å²) in [6.45, 7) is 4.78. The Balaban J connectivity index is 0.888. The van der Waals surface area contributed by atoms with Gasteiger partial charge in [0.25, 0.3) is 0 Å². The molecule has 0 radical (unpaired) electrons. The summed E-state index contributed by atoms with van der Waals surface area (Å²) in [4.78, 5) is 2.42. The Bertz CT molecular complexity index is 3810. The predicted octanol–water partition coefficient (Wildman–Crippen LogP) is 17.9. The molecule has 0 bridgehead atoms. The molecule has 2 heteroatoms. The molecule has 1 heterocycles. The van der Waals surface area contributed by atoms with Crippen molar-refractivity contribution in [3.63, 3.8) is 0 Å². The quantitative estimate of drug-likeness (QED) is 0.155. The molecule has 0 spiro atoms. The number of rotatable bonds is 7. The molecular weight excluding hydrogens is 809 g/mol. The highest BCUT2D eigenvalue weighted by Crippen LogP contribution is 2.52. The first-order valence-corrected chi connectivity index (χ1v) is 23.3. The van der Waals surface area contributed by atoms with Crippen LogP contribution in [-0.4, -0.2) is 4.57 Å². The lowest BCUT2D eigenvalue weighted by Crippen LogP contribution is -2.17. The van der Waals surface area contributed by atoms with E-state index in [0.717, 1.165) is 17.1 Å². The second-order valence-electron chi connectivity index (χ2n) is 18.5.